The summed E-state index contributed by atoms with van der Waals surface area (Å²) in [6, 6.07) is 11.5. The lowest BCUT2D eigenvalue weighted by molar-refractivity contribution is 0.0697. The fourth-order valence-corrected chi connectivity index (χ4v) is 3.91. The summed E-state index contributed by atoms with van der Waals surface area (Å²) in [4.78, 5) is 16.0. The molecule has 3 nitrogen and oxygen atoms in total. The van der Waals surface area contributed by atoms with E-state index in [4.69, 9.17) is 10.1 Å². The zero-order valence-corrected chi connectivity index (χ0v) is 17.3. The summed E-state index contributed by atoms with van der Waals surface area (Å²) in [6.07, 6.45) is 3.16. The predicted octanol–water partition coefficient (Wildman–Crippen LogP) is 6.03. The van der Waals surface area contributed by atoms with Crippen LogP contribution in [0, 0.1) is 6.92 Å². The summed E-state index contributed by atoms with van der Waals surface area (Å²) in [5.41, 5.74) is 8.37. The van der Waals surface area contributed by atoms with Gasteiger partial charge in [-0.3, -0.25) is 4.99 Å². The summed E-state index contributed by atoms with van der Waals surface area (Å²) in [7, 11) is 0. The Balaban J connectivity index is 2.07. The Morgan fingerprint density at radius 1 is 1.18 bits per heavy atom. The van der Waals surface area contributed by atoms with Crippen molar-refractivity contribution < 1.29 is 9.90 Å². The van der Waals surface area contributed by atoms with Gasteiger partial charge in [-0.05, 0) is 83.2 Å². The van der Waals surface area contributed by atoms with Crippen LogP contribution in [0.1, 0.15) is 78.2 Å². The fourth-order valence-electron chi connectivity index (χ4n) is 3.91. The van der Waals surface area contributed by atoms with Gasteiger partial charge in [0.1, 0.15) is 0 Å². The number of fused-ring (bicyclic) bond motifs is 1. The molecule has 0 saturated heterocycles. The Morgan fingerprint density at radius 2 is 1.82 bits per heavy atom. The number of carbonyl (C=O) groups is 1. The average molecular weight is 376 g/mol. The second kappa shape index (κ2) is 7.75. The first-order chi connectivity index (χ1) is 13.2. The Bertz CT molecular complexity index is 949. The number of nitrogens with zero attached hydrogens (tertiary/aromatic N) is 1. The van der Waals surface area contributed by atoms with Crippen molar-refractivity contribution in [3.63, 3.8) is 0 Å². The Labute approximate surface area is 167 Å². The van der Waals surface area contributed by atoms with Crippen LogP contribution in [0.5, 0.6) is 0 Å². The molecule has 0 amide bonds. The van der Waals surface area contributed by atoms with Crippen LogP contribution in [-0.2, 0) is 5.41 Å². The van der Waals surface area contributed by atoms with Crippen LogP contribution >= 0.6 is 0 Å². The number of benzene rings is 2. The zero-order valence-electron chi connectivity index (χ0n) is 17.3. The van der Waals surface area contributed by atoms with Gasteiger partial charge in [0.25, 0.3) is 0 Å². The van der Waals surface area contributed by atoms with Gasteiger partial charge in [0.2, 0.25) is 0 Å². The number of carboxylic acids is 1. The molecule has 3 heteroatoms. The van der Waals surface area contributed by atoms with Crippen LogP contribution in [0.3, 0.4) is 0 Å². The van der Waals surface area contributed by atoms with Gasteiger partial charge in [0.05, 0.1) is 5.56 Å². The minimum atomic E-state index is -0.916. The van der Waals surface area contributed by atoms with Crippen molar-refractivity contribution in [1.29, 1.82) is 0 Å². The lowest BCUT2D eigenvalue weighted by Gasteiger charge is -2.34. The van der Waals surface area contributed by atoms with E-state index in [1.807, 2.05) is 12.1 Å². The number of carboxylic acid groups (broad SMARTS) is 1. The van der Waals surface area contributed by atoms with E-state index < -0.39 is 5.97 Å². The van der Waals surface area contributed by atoms with Gasteiger partial charge in [0.15, 0.2) is 0 Å². The van der Waals surface area contributed by atoms with Crippen molar-refractivity contribution in [1.82, 2.24) is 0 Å². The molecule has 0 aromatic heterocycles. The molecular weight excluding hydrogens is 346 g/mol. The topological polar surface area (TPSA) is 49.7 Å². The summed E-state index contributed by atoms with van der Waals surface area (Å²) >= 11 is 0. The quantitative estimate of drug-likeness (QED) is 0.694. The Kier molecular flexibility index (Phi) is 5.55. The second-order valence-electron chi connectivity index (χ2n) is 8.29. The third-order valence-electron chi connectivity index (χ3n) is 5.72. The monoisotopic (exact) mass is 375 g/mol. The van der Waals surface area contributed by atoms with Gasteiger partial charge >= 0.3 is 5.97 Å². The molecule has 2 aromatic carbocycles. The van der Waals surface area contributed by atoms with Crippen molar-refractivity contribution in [2.75, 3.05) is 6.54 Å². The van der Waals surface area contributed by atoms with Crippen LogP contribution in [-0.4, -0.2) is 23.3 Å². The molecule has 146 valence electrons. The van der Waals surface area contributed by atoms with Crippen molar-refractivity contribution in [3.8, 4) is 0 Å². The minimum Gasteiger partial charge on any atom is -0.478 e. The highest BCUT2D eigenvalue weighted by Gasteiger charge is 2.31. The summed E-state index contributed by atoms with van der Waals surface area (Å²) < 4.78 is 0. The van der Waals surface area contributed by atoms with Crippen LogP contribution < -0.4 is 0 Å². The maximum absolute atomic E-state index is 11.1. The van der Waals surface area contributed by atoms with E-state index in [9.17, 15) is 4.79 Å². The maximum atomic E-state index is 11.1. The number of aliphatic imine (C=N–C) groups is 1. The van der Waals surface area contributed by atoms with E-state index in [0.29, 0.717) is 0 Å². The molecule has 0 radical (unpaired) electrons. The molecule has 1 aliphatic carbocycles. The van der Waals surface area contributed by atoms with Gasteiger partial charge in [-0.1, -0.05) is 45.5 Å². The van der Waals surface area contributed by atoms with E-state index in [1.54, 1.807) is 12.1 Å². The molecule has 0 aliphatic heterocycles. The van der Waals surface area contributed by atoms with Crippen molar-refractivity contribution in [3.05, 3.63) is 76.4 Å². The molecule has 0 unspecified atom stereocenters. The molecule has 0 atom stereocenters. The maximum Gasteiger partial charge on any atom is 0.335 e. The summed E-state index contributed by atoms with van der Waals surface area (Å²) in [6.45, 7) is 14.1. The molecule has 1 N–H and O–H groups in total. The van der Waals surface area contributed by atoms with Crippen molar-refractivity contribution in [2.45, 2.75) is 52.4 Å². The van der Waals surface area contributed by atoms with Gasteiger partial charge in [-0.15, -0.1) is 0 Å². The third-order valence-corrected chi connectivity index (χ3v) is 5.72. The molecule has 3 rings (SSSR count). The van der Waals surface area contributed by atoms with E-state index in [2.05, 4.69) is 46.4 Å². The molecule has 1 aliphatic rings. The average Bonchev–Trinajstić information content (AvgIpc) is 2.67. The van der Waals surface area contributed by atoms with E-state index in [-0.39, 0.29) is 11.0 Å². The molecule has 0 spiro atoms. The Morgan fingerprint density at radius 3 is 2.43 bits per heavy atom. The predicted molar refractivity (Wildman–Crippen MR) is 117 cm³/mol. The van der Waals surface area contributed by atoms with Crippen molar-refractivity contribution in [2.24, 2.45) is 4.99 Å². The molecule has 0 fully saturated rings. The van der Waals surface area contributed by atoms with Gasteiger partial charge in [0, 0.05) is 12.3 Å². The minimum absolute atomic E-state index is 0.133. The standard InChI is InChI=1S/C25H29NO2/c1-6-13-26-23-11-12-25(4,5)22-14-16(2)20(15-21(22)23)17(3)18-7-9-19(10-8-18)24(27)28/h7-10,14-15H,3,6,11-13H2,1-2,4-5H3,(H,27,28). The molecule has 0 bridgehead atoms. The lowest BCUT2D eigenvalue weighted by atomic mass is 9.70. The summed E-state index contributed by atoms with van der Waals surface area (Å²) in [5, 5.41) is 9.12. The normalized spacial score (nSPS) is 16.6. The largest absolute Gasteiger partial charge is 0.478 e. The first-order valence-corrected chi connectivity index (χ1v) is 9.96. The van der Waals surface area contributed by atoms with Gasteiger partial charge < -0.3 is 5.11 Å². The van der Waals surface area contributed by atoms with Gasteiger partial charge in [-0.2, -0.15) is 0 Å². The smallest absolute Gasteiger partial charge is 0.335 e. The fraction of sp³-hybridized carbons (Fsp3) is 0.360. The van der Waals surface area contributed by atoms with E-state index >= 15 is 0 Å². The van der Waals surface area contributed by atoms with Gasteiger partial charge in [-0.25, -0.2) is 4.79 Å². The molecule has 2 aromatic rings. The highest BCUT2D eigenvalue weighted by Crippen LogP contribution is 2.40. The molecule has 0 saturated carbocycles. The van der Waals surface area contributed by atoms with Crippen LogP contribution in [0.4, 0.5) is 0 Å². The van der Waals surface area contributed by atoms with Crippen molar-refractivity contribution >= 4 is 17.3 Å². The van der Waals surface area contributed by atoms with Crippen LogP contribution in [0.2, 0.25) is 0 Å². The number of aryl methyl sites for hydroxylation is 1. The lowest BCUT2D eigenvalue weighted by Crippen LogP contribution is -2.28. The summed E-state index contributed by atoms with van der Waals surface area (Å²) in [5.74, 6) is -0.916. The second-order valence-corrected chi connectivity index (χ2v) is 8.29. The number of aromatic carboxylic acids is 1. The van der Waals surface area contributed by atoms with Crippen LogP contribution in [0.15, 0.2) is 48.0 Å². The molecule has 0 heterocycles. The first-order valence-electron chi connectivity index (χ1n) is 9.96. The first kappa shape index (κ1) is 20.1. The van der Waals surface area contributed by atoms with Crippen LogP contribution in [0.25, 0.3) is 5.57 Å². The third kappa shape index (κ3) is 3.80. The molecule has 28 heavy (non-hydrogen) atoms. The Hall–Kier alpha value is -2.68. The molecular formula is C25H29NO2. The van der Waals surface area contributed by atoms with E-state index in [1.165, 1.54) is 22.4 Å². The SMILES string of the molecule is C=C(c1ccc(C(=O)O)cc1)c1cc2c(cc1C)C(C)(C)CCC2=NCCC. The van der Waals surface area contributed by atoms with E-state index in [0.717, 1.165) is 42.5 Å². The zero-order chi connectivity index (χ0) is 20.5. The highest BCUT2D eigenvalue weighted by molar-refractivity contribution is 6.04. The number of hydrogen-bond acceptors (Lipinski definition) is 2. The highest BCUT2D eigenvalue weighted by atomic mass is 16.4. The number of hydrogen-bond donors (Lipinski definition) is 1. The number of rotatable bonds is 5.